The van der Waals surface area contributed by atoms with Crippen molar-refractivity contribution < 1.29 is 66.9 Å². The van der Waals surface area contributed by atoms with Crippen LogP contribution in [0.5, 0.6) is 0 Å². The van der Waals surface area contributed by atoms with E-state index in [9.17, 15) is 57.4 Å². The van der Waals surface area contributed by atoms with E-state index in [1.54, 1.807) is 42.3 Å². The van der Waals surface area contributed by atoms with Crippen LogP contribution in [0.4, 0.5) is 4.39 Å². The topological polar surface area (TPSA) is 312 Å². The lowest BCUT2D eigenvalue weighted by Gasteiger charge is -2.31. The fraction of sp³-hybridized carbons (Fsp3) is 0.468. The minimum Gasteiger partial charge on any atom is -0.458 e. The molecule has 26 heteroatoms. The summed E-state index contributed by atoms with van der Waals surface area (Å²) >= 11 is 3.05. The number of hydrogen-bond acceptors (Lipinski definition) is 17. The average Bonchev–Trinajstić information content (AvgIpc) is 3.90. The SMILES string of the molecule is CCC1(O)C(=O)OCc2c1cc1n(c2=O)Cc2c-1nc1cc(F)c(C)cc1c2CSCCSCNC(=O)CNC(=O)CNC(=O)CNC(=O)CNC(=O)CCOCCOCCNC(=O)CCN1C(=O)C=CC1=O. The van der Waals surface area contributed by atoms with Crippen LogP contribution in [0, 0.1) is 12.7 Å². The van der Waals surface area contributed by atoms with Gasteiger partial charge in [-0.1, -0.05) is 6.92 Å². The lowest BCUT2D eigenvalue weighted by atomic mass is 9.86. The highest BCUT2D eigenvalue weighted by molar-refractivity contribution is 8.02. The fourth-order valence-corrected chi connectivity index (χ4v) is 9.74. The number of halogens is 1. The first-order valence-electron chi connectivity index (χ1n) is 23.2. The van der Waals surface area contributed by atoms with Gasteiger partial charge in [0.05, 0.1) is 87.5 Å². The molecular formula is C47H56FN9O14S2. The first-order chi connectivity index (χ1) is 35.0. The molecule has 0 aliphatic carbocycles. The number of ether oxygens (including phenoxy) is 3. The molecule has 1 unspecified atom stereocenters. The Balaban J connectivity index is 0.787. The number of fused-ring (bicyclic) bond motifs is 5. The van der Waals surface area contributed by atoms with E-state index in [4.69, 9.17) is 19.2 Å². The van der Waals surface area contributed by atoms with Gasteiger partial charge < -0.3 is 55.8 Å². The van der Waals surface area contributed by atoms with Crippen molar-refractivity contribution in [2.24, 2.45) is 0 Å². The average molecular weight is 1050 g/mol. The van der Waals surface area contributed by atoms with E-state index < -0.39 is 83.9 Å². The summed E-state index contributed by atoms with van der Waals surface area (Å²) < 4.78 is 32.2. The van der Waals surface area contributed by atoms with Crippen molar-refractivity contribution in [2.75, 3.05) is 83.1 Å². The van der Waals surface area contributed by atoms with Crippen molar-refractivity contribution in [3.63, 3.8) is 0 Å². The van der Waals surface area contributed by atoms with Gasteiger partial charge in [-0.25, -0.2) is 14.2 Å². The standard InChI is InChI=1S/C47H56FN9O14S2/c1-3-47(68)32-17-35-44-29(23-57(35)45(66)30(32)24-71-46(47)67)31(28-16-27(2)33(48)18-34(28)55-44)25-72-14-15-73-26-54-41(63)22-53-40(62)21-52-39(61)20-51-38(60)19-50-37(59)7-10-69-12-13-70-11-8-49-36(58)6-9-56-42(64)4-5-43(56)65/h4-5,16-18,68H,3,6-15,19-26H2,1-2H3,(H,49,58)(H,50,59)(H,51,60)(H,52,61)(H,53,62)(H,54,63). The number of carbonyl (C=O) groups excluding carboxylic acids is 9. The number of nitrogens with one attached hydrogen (secondary N) is 6. The Labute approximate surface area is 425 Å². The molecule has 0 fully saturated rings. The molecule has 0 saturated heterocycles. The van der Waals surface area contributed by atoms with Gasteiger partial charge in [0.1, 0.15) is 12.4 Å². The van der Waals surface area contributed by atoms with Crippen molar-refractivity contribution in [1.82, 2.24) is 46.4 Å². The predicted molar refractivity (Wildman–Crippen MR) is 263 cm³/mol. The number of benzene rings is 1. The molecule has 0 radical (unpaired) electrons. The highest BCUT2D eigenvalue weighted by atomic mass is 32.2. The van der Waals surface area contributed by atoms with E-state index in [-0.39, 0.29) is 101 Å². The van der Waals surface area contributed by atoms with Gasteiger partial charge in [-0.05, 0) is 36.6 Å². The number of aromatic nitrogens is 2. The monoisotopic (exact) mass is 1050 g/mol. The number of hydrogen-bond donors (Lipinski definition) is 7. The van der Waals surface area contributed by atoms with Gasteiger partial charge in [0.25, 0.3) is 17.4 Å². The summed E-state index contributed by atoms with van der Waals surface area (Å²) in [6, 6.07) is 4.72. The van der Waals surface area contributed by atoms with E-state index in [0.29, 0.717) is 39.7 Å². The van der Waals surface area contributed by atoms with Crippen LogP contribution >= 0.6 is 23.5 Å². The van der Waals surface area contributed by atoms with Gasteiger partial charge in [-0.15, -0.1) is 11.8 Å². The zero-order chi connectivity index (χ0) is 52.7. The largest absolute Gasteiger partial charge is 0.458 e. The number of amides is 8. The van der Waals surface area contributed by atoms with Gasteiger partial charge in [-0.2, -0.15) is 11.8 Å². The second-order valence-corrected chi connectivity index (χ2v) is 18.9. The number of rotatable bonds is 28. The molecule has 73 heavy (non-hydrogen) atoms. The Kier molecular flexibility index (Phi) is 20.0. The number of esters is 1. The fourth-order valence-electron chi connectivity index (χ4n) is 7.71. The summed E-state index contributed by atoms with van der Waals surface area (Å²) in [6.45, 7) is 2.36. The highest BCUT2D eigenvalue weighted by Crippen LogP contribution is 2.41. The molecule has 2 aromatic heterocycles. The minimum atomic E-state index is -1.98. The number of aliphatic hydroxyl groups is 1. The van der Waals surface area contributed by atoms with Gasteiger partial charge in [-0.3, -0.25) is 48.1 Å². The summed E-state index contributed by atoms with van der Waals surface area (Å²) in [6.07, 6.45) is 2.21. The summed E-state index contributed by atoms with van der Waals surface area (Å²) in [5.74, 6) is -3.36. The Hall–Kier alpha value is -6.74. The maximum atomic E-state index is 14.8. The number of carbonyl (C=O) groups is 9. The van der Waals surface area contributed by atoms with Crippen LogP contribution in [-0.2, 0) is 81.9 Å². The second kappa shape index (κ2) is 26.3. The number of imide groups is 1. The quantitative estimate of drug-likeness (QED) is 0.0154. The Morgan fingerprint density at radius 3 is 2.03 bits per heavy atom. The predicted octanol–water partition coefficient (Wildman–Crippen LogP) is -1.11. The van der Waals surface area contributed by atoms with Crippen molar-refractivity contribution in [3.8, 4) is 11.4 Å². The third-order valence-electron chi connectivity index (χ3n) is 11.7. The van der Waals surface area contributed by atoms with Crippen LogP contribution in [0.25, 0.3) is 22.3 Å². The van der Waals surface area contributed by atoms with Crippen LogP contribution in [0.2, 0.25) is 0 Å². The third-order valence-corrected chi connectivity index (χ3v) is 13.8. The highest BCUT2D eigenvalue weighted by Gasteiger charge is 2.45. The first-order valence-corrected chi connectivity index (χ1v) is 25.5. The van der Waals surface area contributed by atoms with E-state index in [1.165, 1.54) is 17.8 Å². The normalized spacial score (nSPS) is 15.3. The van der Waals surface area contributed by atoms with E-state index in [2.05, 4.69) is 31.9 Å². The lowest BCUT2D eigenvalue weighted by molar-refractivity contribution is -0.172. The number of cyclic esters (lactones) is 1. The van der Waals surface area contributed by atoms with Gasteiger partial charge in [0, 0.05) is 77.9 Å². The molecule has 3 aliphatic rings. The van der Waals surface area contributed by atoms with Crippen molar-refractivity contribution in [3.05, 3.63) is 74.3 Å². The maximum Gasteiger partial charge on any atom is 0.343 e. The minimum absolute atomic E-state index is 0.000523. The van der Waals surface area contributed by atoms with E-state index in [1.807, 2.05) is 0 Å². The molecule has 0 bridgehead atoms. The molecule has 0 saturated carbocycles. The molecule has 8 amide bonds. The molecule has 5 heterocycles. The first kappa shape index (κ1) is 55.6. The molecular weight excluding hydrogens is 998 g/mol. The maximum absolute atomic E-state index is 14.8. The molecule has 6 rings (SSSR count). The summed E-state index contributed by atoms with van der Waals surface area (Å²) in [5, 5.41) is 26.7. The van der Waals surface area contributed by atoms with Crippen LogP contribution in [0.15, 0.2) is 35.1 Å². The molecule has 7 N–H and O–H groups in total. The Bertz CT molecular complexity index is 2740. The number of pyridine rings is 2. The smallest absolute Gasteiger partial charge is 0.343 e. The third kappa shape index (κ3) is 14.7. The zero-order valence-corrected chi connectivity index (χ0v) is 41.7. The Morgan fingerprint density at radius 1 is 0.767 bits per heavy atom. The van der Waals surface area contributed by atoms with Crippen LogP contribution in [0.3, 0.4) is 0 Å². The molecule has 1 atom stereocenters. The van der Waals surface area contributed by atoms with Crippen LogP contribution < -0.4 is 37.5 Å². The molecule has 3 aliphatic heterocycles. The van der Waals surface area contributed by atoms with Crippen molar-refractivity contribution in [2.45, 2.75) is 57.6 Å². The van der Waals surface area contributed by atoms with Crippen LogP contribution in [-0.4, -0.2) is 156 Å². The lowest BCUT2D eigenvalue weighted by Crippen LogP contribution is -2.45. The van der Waals surface area contributed by atoms with Crippen molar-refractivity contribution in [1.29, 1.82) is 0 Å². The molecule has 0 spiro atoms. The molecule has 1 aromatic carbocycles. The molecule has 23 nitrogen and oxygen atoms in total. The van der Waals surface area contributed by atoms with E-state index in [0.717, 1.165) is 33.6 Å². The number of thioether (sulfide) groups is 2. The van der Waals surface area contributed by atoms with Crippen LogP contribution in [0.1, 0.15) is 54.0 Å². The van der Waals surface area contributed by atoms with Gasteiger partial charge in [0.15, 0.2) is 5.60 Å². The Morgan fingerprint density at radius 2 is 1.37 bits per heavy atom. The second-order valence-electron chi connectivity index (χ2n) is 16.7. The number of aryl methyl sites for hydroxylation is 1. The van der Waals surface area contributed by atoms with Gasteiger partial charge >= 0.3 is 5.97 Å². The van der Waals surface area contributed by atoms with E-state index >= 15 is 0 Å². The summed E-state index contributed by atoms with van der Waals surface area (Å²) in [4.78, 5) is 128. The van der Waals surface area contributed by atoms with Crippen molar-refractivity contribution >= 4 is 87.7 Å². The number of nitrogens with zero attached hydrogens (tertiary/aromatic N) is 3. The molecule has 3 aromatic rings. The molecule has 392 valence electrons. The zero-order valence-electron chi connectivity index (χ0n) is 40.1. The summed E-state index contributed by atoms with van der Waals surface area (Å²) in [7, 11) is 0. The van der Waals surface area contributed by atoms with Gasteiger partial charge in [0.2, 0.25) is 35.4 Å². The summed E-state index contributed by atoms with van der Waals surface area (Å²) in [5.41, 5.74) is 1.44.